The van der Waals surface area contributed by atoms with Gasteiger partial charge in [0, 0.05) is 18.1 Å². The minimum absolute atomic E-state index is 0.135. The standard InChI is InChI=1S/C12H24N2O5S2/c13-9(11(16)17)7-21-6-2-4-19-12(18)10(14)8-20-5-1-3-15/h9-10,15H,1-8,13-14H2,(H,16,17)/t9-,10-/m0/s1. The number of rotatable bonds is 13. The Kier molecular flexibility index (Phi) is 12.9. The van der Waals surface area contributed by atoms with Gasteiger partial charge in [-0.25, -0.2) is 0 Å². The lowest BCUT2D eigenvalue weighted by atomic mass is 10.4. The summed E-state index contributed by atoms with van der Waals surface area (Å²) in [6, 6.07) is -1.51. The number of ether oxygens (including phenoxy) is 1. The van der Waals surface area contributed by atoms with Gasteiger partial charge in [-0.3, -0.25) is 9.59 Å². The molecule has 6 N–H and O–H groups in total. The maximum absolute atomic E-state index is 11.5. The van der Waals surface area contributed by atoms with Crippen LogP contribution < -0.4 is 11.5 Å². The molecule has 21 heavy (non-hydrogen) atoms. The lowest BCUT2D eigenvalue weighted by Gasteiger charge is -2.11. The van der Waals surface area contributed by atoms with E-state index in [0.717, 1.165) is 5.75 Å². The number of carbonyl (C=O) groups is 2. The van der Waals surface area contributed by atoms with Crippen LogP contribution in [0.3, 0.4) is 0 Å². The van der Waals surface area contributed by atoms with Crippen molar-refractivity contribution >= 4 is 35.5 Å². The number of thioether (sulfide) groups is 2. The van der Waals surface area contributed by atoms with Crippen molar-refractivity contribution in [3.05, 3.63) is 0 Å². The molecule has 2 atom stereocenters. The number of nitrogens with two attached hydrogens (primary N) is 2. The predicted molar refractivity (Wildman–Crippen MR) is 85.5 cm³/mol. The van der Waals surface area contributed by atoms with Crippen LogP contribution in [0.4, 0.5) is 0 Å². The van der Waals surface area contributed by atoms with E-state index in [1.807, 2.05) is 0 Å². The van der Waals surface area contributed by atoms with E-state index in [0.29, 0.717) is 30.1 Å². The summed E-state index contributed by atoms with van der Waals surface area (Å²) in [5.41, 5.74) is 11.0. The van der Waals surface area contributed by atoms with E-state index < -0.39 is 24.0 Å². The van der Waals surface area contributed by atoms with Gasteiger partial charge in [-0.15, -0.1) is 0 Å². The number of carbonyl (C=O) groups excluding carboxylic acids is 1. The highest BCUT2D eigenvalue weighted by Crippen LogP contribution is 2.06. The quantitative estimate of drug-likeness (QED) is 0.258. The van der Waals surface area contributed by atoms with E-state index in [-0.39, 0.29) is 13.2 Å². The summed E-state index contributed by atoms with van der Waals surface area (Å²) in [7, 11) is 0. The molecule has 0 aromatic carbocycles. The number of hydrogen-bond donors (Lipinski definition) is 4. The van der Waals surface area contributed by atoms with Crippen molar-refractivity contribution in [2.75, 3.05) is 36.2 Å². The monoisotopic (exact) mass is 340 g/mol. The summed E-state index contributed by atoms with van der Waals surface area (Å²) in [6.07, 6.45) is 1.31. The minimum atomic E-state index is -1.02. The Morgan fingerprint density at radius 1 is 1.05 bits per heavy atom. The predicted octanol–water partition coefficient (Wildman–Crippen LogP) is -0.492. The Morgan fingerprint density at radius 2 is 1.62 bits per heavy atom. The summed E-state index contributed by atoms with van der Waals surface area (Å²) in [5.74, 6) is 0.801. The molecule has 0 radical (unpaired) electrons. The zero-order valence-corrected chi connectivity index (χ0v) is 13.5. The molecule has 0 aliphatic carbocycles. The van der Waals surface area contributed by atoms with Crippen molar-refractivity contribution < 1.29 is 24.5 Å². The number of aliphatic hydroxyl groups excluding tert-OH is 1. The third-order valence-corrected chi connectivity index (χ3v) is 4.68. The van der Waals surface area contributed by atoms with Crippen molar-refractivity contribution in [2.24, 2.45) is 11.5 Å². The van der Waals surface area contributed by atoms with Crippen LogP contribution in [0.2, 0.25) is 0 Å². The molecule has 0 unspecified atom stereocenters. The first-order valence-electron chi connectivity index (χ1n) is 6.66. The van der Waals surface area contributed by atoms with Crippen molar-refractivity contribution in [3.63, 3.8) is 0 Å². The third-order valence-electron chi connectivity index (χ3n) is 2.34. The molecular weight excluding hydrogens is 316 g/mol. The number of carboxylic acids is 1. The fourth-order valence-corrected chi connectivity index (χ4v) is 2.94. The van der Waals surface area contributed by atoms with Gasteiger partial charge in [0.1, 0.15) is 12.1 Å². The van der Waals surface area contributed by atoms with Crippen LogP contribution in [-0.2, 0) is 14.3 Å². The van der Waals surface area contributed by atoms with Crippen LogP contribution in [0.15, 0.2) is 0 Å². The average molecular weight is 340 g/mol. The van der Waals surface area contributed by atoms with Gasteiger partial charge in [0.2, 0.25) is 0 Å². The van der Waals surface area contributed by atoms with E-state index >= 15 is 0 Å². The van der Waals surface area contributed by atoms with E-state index in [2.05, 4.69) is 0 Å². The molecule has 0 spiro atoms. The molecule has 7 nitrogen and oxygen atoms in total. The van der Waals surface area contributed by atoms with Gasteiger partial charge >= 0.3 is 11.9 Å². The molecule has 0 aliphatic rings. The van der Waals surface area contributed by atoms with E-state index in [9.17, 15) is 9.59 Å². The topological polar surface area (TPSA) is 136 Å². The SMILES string of the molecule is N[C@@H](CSCCCOC(=O)[C@@H](N)CSCCCO)C(=O)O. The van der Waals surface area contributed by atoms with Crippen molar-refractivity contribution in [2.45, 2.75) is 24.9 Å². The lowest BCUT2D eigenvalue weighted by molar-refractivity contribution is -0.144. The molecule has 0 aromatic heterocycles. The molecule has 0 heterocycles. The highest BCUT2D eigenvalue weighted by Gasteiger charge is 2.15. The van der Waals surface area contributed by atoms with E-state index in [4.69, 9.17) is 26.4 Å². The van der Waals surface area contributed by atoms with Gasteiger partial charge in [-0.2, -0.15) is 23.5 Å². The molecule has 0 aliphatic heterocycles. The Labute approximate surface area is 133 Å². The summed E-state index contributed by atoms with van der Waals surface area (Å²) in [5, 5.41) is 17.2. The number of aliphatic hydroxyl groups is 1. The van der Waals surface area contributed by atoms with Crippen molar-refractivity contribution in [1.29, 1.82) is 0 Å². The second kappa shape index (κ2) is 13.2. The summed E-state index contributed by atoms with van der Waals surface area (Å²) >= 11 is 2.92. The molecular formula is C12H24N2O5S2. The maximum atomic E-state index is 11.5. The molecule has 0 rings (SSSR count). The van der Waals surface area contributed by atoms with Gasteiger partial charge in [0.15, 0.2) is 0 Å². The van der Waals surface area contributed by atoms with Crippen LogP contribution in [0, 0.1) is 0 Å². The normalized spacial score (nSPS) is 13.7. The van der Waals surface area contributed by atoms with Crippen molar-refractivity contribution in [1.82, 2.24) is 0 Å². The second-order valence-corrected chi connectivity index (χ2v) is 6.60. The largest absolute Gasteiger partial charge is 0.480 e. The van der Waals surface area contributed by atoms with Gasteiger partial charge in [0.05, 0.1) is 6.61 Å². The second-order valence-electron chi connectivity index (χ2n) is 4.30. The molecule has 0 amide bonds. The van der Waals surface area contributed by atoms with Gasteiger partial charge in [-0.1, -0.05) is 0 Å². The van der Waals surface area contributed by atoms with E-state index in [1.54, 1.807) is 0 Å². The molecule has 0 saturated heterocycles. The molecule has 9 heteroatoms. The minimum Gasteiger partial charge on any atom is -0.480 e. The van der Waals surface area contributed by atoms with E-state index in [1.165, 1.54) is 23.5 Å². The Morgan fingerprint density at radius 3 is 2.19 bits per heavy atom. The number of carboxylic acid groups (broad SMARTS) is 1. The highest BCUT2D eigenvalue weighted by atomic mass is 32.2. The third kappa shape index (κ3) is 11.8. The van der Waals surface area contributed by atoms with Gasteiger partial charge in [0.25, 0.3) is 0 Å². The Hall–Kier alpha value is -0.480. The zero-order chi connectivity index (χ0) is 16.1. The fraction of sp³-hybridized carbons (Fsp3) is 0.833. The van der Waals surface area contributed by atoms with Crippen LogP contribution in [0.25, 0.3) is 0 Å². The maximum Gasteiger partial charge on any atom is 0.323 e. The van der Waals surface area contributed by atoms with Gasteiger partial charge in [-0.05, 0) is 24.3 Å². The number of esters is 1. The van der Waals surface area contributed by atoms with Gasteiger partial charge < -0.3 is 26.4 Å². The van der Waals surface area contributed by atoms with Crippen LogP contribution in [-0.4, -0.2) is 70.5 Å². The summed E-state index contributed by atoms with van der Waals surface area (Å²) in [4.78, 5) is 22.0. The fourth-order valence-electron chi connectivity index (χ4n) is 1.17. The molecule has 0 bridgehead atoms. The molecule has 124 valence electrons. The van der Waals surface area contributed by atoms with Crippen LogP contribution in [0.5, 0.6) is 0 Å². The van der Waals surface area contributed by atoms with Crippen LogP contribution in [0.1, 0.15) is 12.8 Å². The lowest BCUT2D eigenvalue weighted by Crippen LogP contribution is -2.35. The molecule has 0 saturated carbocycles. The number of hydrogen-bond acceptors (Lipinski definition) is 8. The highest BCUT2D eigenvalue weighted by molar-refractivity contribution is 7.99. The molecule has 0 aromatic rings. The zero-order valence-electron chi connectivity index (χ0n) is 11.9. The smallest absolute Gasteiger partial charge is 0.323 e. The first-order chi connectivity index (χ1) is 9.99. The Balaban J connectivity index is 3.50. The molecule has 0 fully saturated rings. The number of aliphatic carboxylic acids is 1. The first-order valence-corrected chi connectivity index (χ1v) is 8.97. The summed E-state index contributed by atoms with van der Waals surface area (Å²) in [6.45, 7) is 0.402. The first kappa shape index (κ1) is 20.5. The Bertz CT molecular complexity index is 307. The van der Waals surface area contributed by atoms with Crippen molar-refractivity contribution in [3.8, 4) is 0 Å². The average Bonchev–Trinajstić information content (AvgIpc) is 2.46. The summed E-state index contributed by atoms with van der Waals surface area (Å²) < 4.78 is 5.03. The van der Waals surface area contributed by atoms with Crippen LogP contribution >= 0.6 is 23.5 Å².